The Morgan fingerprint density at radius 2 is 1.80 bits per heavy atom. The van der Waals surface area contributed by atoms with Crippen LogP contribution in [0.1, 0.15) is 15.9 Å². The second-order valence-corrected chi connectivity index (χ2v) is 6.02. The quantitative estimate of drug-likeness (QED) is 0.612. The van der Waals surface area contributed by atoms with Gasteiger partial charge in [-0.15, -0.1) is 0 Å². The summed E-state index contributed by atoms with van der Waals surface area (Å²) in [5.74, 6) is -1.40. The Bertz CT molecular complexity index is 939. The van der Waals surface area contributed by atoms with Crippen LogP contribution in [0.15, 0.2) is 60.7 Å². The predicted molar refractivity (Wildman–Crippen MR) is 98.3 cm³/mol. The molecule has 0 unspecified atom stereocenters. The maximum atomic E-state index is 13.1. The molecular formula is C20H15ClFNO2. The zero-order chi connectivity index (χ0) is 18.0. The molecule has 0 aliphatic heterocycles. The van der Waals surface area contributed by atoms with Gasteiger partial charge in [-0.25, -0.2) is 9.18 Å². The molecule has 2 N–H and O–H groups in total. The average Bonchev–Trinajstić information content (AvgIpc) is 2.59. The highest BCUT2D eigenvalue weighted by molar-refractivity contribution is 6.31. The van der Waals surface area contributed by atoms with Crippen molar-refractivity contribution in [3.05, 3.63) is 82.6 Å². The molecule has 3 nitrogen and oxygen atoms in total. The molecule has 126 valence electrons. The fourth-order valence-electron chi connectivity index (χ4n) is 2.61. The summed E-state index contributed by atoms with van der Waals surface area (Å²) in [6.07, 6.45) is 0. The fraction of sp³-hybridized carbons (Fsp3) is 0.0500. The van der Waals surface area contributed by atoms with Crippen LogP contribution >= 0.6 is 11.6 Å². The molecule has 0 saturated carbocycles. The van der Waals surface area contributed by atoms with Gasteiger partial charge in [-0.3, -0.25) is 0 Å². The van der Waals surface area contributed by atoms with Gasteiger partial charge in [0.05, 0.1) is 11.3 Å². The van der Waals surface area contributed by atoms with Gasteiger partial charge in [0.1, 0.15) is 5.82 Å². The van der Waals surface area contributed by atoms with Crippen LogP contribution in [0.4, 0.5) is 15.8 Å². The molecule has 0 heterocycles. The van der Waals surface area contributed by atoms with E-state index < -0.39 is 5.97 Å². The van der Waals surface area contributed by atoms with E-state index in [9.17, 15) is 14.3 Å². The third-order valence-corrected chi connectivity index (χ3v) is 4.36. The van der Waals surface area contributed by atoms with Crippen molar-refractivity contribution in [2.24, 2.45) is 0 Å². The highest BCUT2D eigenvalue weighted by Crippen LogP contribution is 2.32. The van der Waals surface area contributed by atoms with Crippen molar-refractivity contribution >= 4 is 28.9 Å². The molecule has 0 aliphatic carbocycles. The Morgan fingerprint density at radius 3 is 2.48 bits per heavy atom. The highest BCUT2D eigenvalue weighted by atomic mass is 35.5. The van der Waals surface area contributed by atoms with Gasteiger partial charge >= 0.3 is 5.97 Å². The molecule has 0 saturated heterocycles. The van der Waals surface area contributed by atoms with E-state index in [1.165, 1.54) is 12.1 Å². The first-order chi connectivity index (χ1) is 12.0. The number of rotatable bonds is 4. The van der Waals surface area contributed by atoms with Gasteiger partial charge < -0.3 is 10.4 Å². The number of aromatic carboxylic acids is 1. The van der Waals surface area contributed by atoms with Crippen molar-refractivity contribution in [2.75, 3.05) is 5.32 Å². The van der Waals surface area contributed by atoms with Crippen LogP contribution in [0.3, 0.4) is 0 Å². The molecular weight excluding hydrogens is 341 g/mol. The molecule has 0 bridgehead atoms. The summed E-state index contributed by atoms with van der Waals surface area (Å²) in [5, 5.41) is 13.1. The van der Waals surface area contributed by atoms with Crippen LogP contribution in [0.25, 0.3) is 11.1 Å². The van der Waals surface area contributed by atoms with Crippen LogP contribution in [0.5, 0.6) is 0 Å². The third kappa shape index (κ3) is 3.64. The van der Waals surface area contributed by atoms with Crippen LogP contribution in [0, 0.1) is 12.7 Å². The molecule has 25 heavy (non-hydrogen) atoms. The minimum absolute atomic E-state index is 0.132. The van der Waals surface area contributed by atoms with E-state index in [4.69, 9.17) is 11.6 Å². The van der Waals surface area contributed by atoms with Gasteiger partial charge in [-0.05, 0) is 66.1 Å². The van der Waals surface area contributed by atoms with Gasteiger partial charge in [-0.2, -0.15) is 0 Å². The normalized spacial score (nSPS) is 10.5. The predicted octanol–water partition coefficient (Wildman–Crippen LogP) is 5.90. The van der Waals surface area contributed by atoms with Gasteiger partial charge in [0.2, 0.25) is 0 Å². The standard InChI is InChI=1S/C20H15ClFNO2/c1-12-16(3-2-4-18(12)21)13-5-10-17(20(24)25)19(11-13)23-15-8-6-14(22)7-9-15/h2-11,23H,1H3,(H,24,25). The van der Waals surface area contributed by atoms with E-state index in [0.29, 0.717) is 16.4 Å². The summed E-state index contributed by atoms with van der Waals surface area (Å²) in [4.78, 5) is 11.5. The zero-order valence-electron chi connectivity index (χ0n) is 13.4. The van der Waals surface area contributed by atoms with Crippen molar-refractivity contribution in [1.82, 2.24) is 0 Å². The maximum absolute atomic E-state index is 13.1. The van der Waals surface area contributed by atoms with Crippen LogP contribution < -0.4 is 5.32 Å². The molecule has 3 aromatic rings. The molecule has 0 aliphatic rings. The molecule has 0 fully saturated rings. The first kappa shape index (κ1) is 17.0. The number of carbonyl (C=O) groups is 1. The number of anilines is 2. The highest BCUT2D eigenvalue weighted by Gasteiger charge is 2.13. The van der Waals surface area contributed by atoms with Crippen LogP contribution in [0.2, 0.25) is 5.02 Å². The number of hydrogen-bond donors (Lipinski definition) is 2. The lowest BCUT2D eigenvalue weighted by molar-refractivity contribution is 0.0698. The van der Waals surface area contributed by atoms with Crippen molar-refractivity contribution in [3.8, 4) is 11.1 Å². The number of halogens is 2. The van der Waals surface area contributed by atoms with Gasteiger partial charge in [0, 0.05) is 10.7 Å². The summed E-state index contributed by atoms with van der Waals surface area (Å²) < 4.78 is 13.1. The molecule has 5 heteroatoms. The first-order valence-corrected chi connectivity index (χ1v) is 7.99. The Labute approximate surface area is 149 Å². The third-order valence-electron chi connectivity index (χ3n) is 3.95. The number of carboxylic acids is 1. The Kier molecular flexibility index (Phi) is 4.72. The molecule has 0 spiro atoms. The van der Waals surface area contributed by atoms with Crippen molar-refractivity contribution in [1.29, 1.82) is 0 Å². The molecule has 0 amide bonds. The van der Waals surface area contributed by atoms with E-state index in [1.807, 2.05) is 25.1 Å². The van der Waals surface area contributed by atoms with E-state index >= 15 is 0 Å². The van der Waals surface area contributed by atoms with E-state index in [1.54, 1.807) is 30.3 Å². The number of benzene rings is 3. The second-order valence-electron chi connectivity index (χ2n) is 5.61. The lowest BCUT2D eigenvalue weighted by Gasteiger charge is -2.14. The molecule has 3 rings (SSSR count). The molecule has 0 radical (unpaired) electrons. The summed E-state index contributed by atoms with van der Waals surface area (Å²) in [6, 6.07) is 16.4. The molecule has 0 aromatic heterocycles. The Hall–Kier alpha value is -2.85. The van der Waals surface area contributed by atoms with Crippen LogP contribution in [-0.4, -0.2) is 11.1 Å². The Balaban J connectivity index is 2.07. The number of carboxylic acid groups (broad SMARTS) is 1. The van der Waals surface area contributed by atoms with Crippen molar-refractivity contribution < 1.29 is 14.3 Å². The minimum atomic E-state index is -1.04. The van der Waals surface area contributed by atoms with E-state index in [-0.39, 0.29) is 11.4 Å². The first-order valence-electron chi connectivity index (χ1n) is 7.61. The Morgan fingerprint density at radius 1 is 1.08 bits per heavy atom. The molecule has 0 atom stereocenters. The average molecular weight is 356 g/mol. The fourth-order valence-corrected chi connectivity index (χ4v) is 2.79. The summed E-state index contributed by atoms with van der Waals surface area (Å²) in [5.41, 5.74) is 3.84. The molecule has 3 aromatic carbocycles. The smallest absolute Gasteiger partial charge is 0.337 e. The monoisotopic (exact) mass is 355 g/mol. The van der Waals surface area contributed by atoms with Gasteiger partial charge in [-0.1, -0.05) is 29.8 Å². The summed E-state index contributed by atoms with van der Waals surface area (Å²) in [7, 11) is 0. The SMILES string of the molecule is Cc1c(Cl)cccc1-c1ccc(C(=O)O)c(Nc2ccc(F)cc2)c1. The number of hydrogen-bond acceptors (Lipinski definition) is 2. The lowest BCUT2D eigenvalue weighted by Crippen LogP contribution is -2.03. The number of nitrogens with one attached hydrogen (secondary N) is 1. The lowest BCUT2D eigenvalue weighted by atomic mass is 9.98. The van der Waals surface area contributed by atoms with Crippen molar-refractivity contribution in [2.45, 2.75) is 6.92 Å². The largest absolute Gasteiger partial charge is 0.478 e. The second kappa shape index (κ2) is 6.95. The topological polar surface area (TPSA) is 49.3 Å². The zero-order valence-corrected chi connectivity index (χ0v) is 14.1. The van der Waals surface area contributed by atoms with Crippen LogP contribution in [-0.2, 0) is 0 Å². The van der Waals surface area contributed by atoms with Gasteiger partial charge in [0.15, 0.2) is 0 Å². The minimum Gasteiger partial charge on any atom is -0.478 e. The summed E-state index contributed by atoms with van der Waals surface area (Å²) in [6.45, 7) is 1.91. The van der Waals surface area contributed by atoms with E-state index in [2.05, 4.69) is 5.32 Å². The van der Waals surface area contributed by atoms with Gasteiger partial charge in [0.25, 0.3) is 0 Å². The maximum Gasteiger partial charge on any atom is 0.337 e. The van der Waals surface area contributed by atoms with Crippen molar-refractivity contribution in [3.63, 3.8) is 0 Å². The van der Waals surface area contributed by atoms with E-state index in [0.717, 1.165) is 16.7 Å². The summed E-state index contributed by atoms with van der Waals surface area (Å²) >= 11 is 6.18.